The molecule has 2 rings (SSSR count). The van der Waals surface area contributed by atoms with Crippen LogP contribution in [-0.4, -0.2) is 32.1 Å². The van der Waals surface area contributed by atoms with Gasteiger partial charge in [-0.25, -0.2) is 4.39 Å². The highest BCUT2D eigenvalue weighted by atomic mass is 19.1. The molecule has 0 radical (unpaired) electrons. The van der Waals surface area contributed by atoms with Gasteiger partial charge in [-0.3, -0.25) is 20.4 Å². The fraction of sp³-hybridized carbons (Fsp3) is 0.200. The average molecular weight is 388 g/mol. The maximum Gasteiger partial charge on any atom is 0.279 e. The lowest BCUT2D eigenvalue weighted by molar-refractivity contribution is -0.131. The SMILES string of the molecule is COc1cccc(/C=C/C(=O)NNC(=O)[C@H](C)Oc2ccc(F)cc2)c1OC. The van der Waals surface area contributed by atoms with E-state index in [9.17, 15) is 14.0 Å². The van der Waals surface area contributed by atoms with E-state index in [1.165, 1.54) is 57.6 Å². The summed E-state index contributed by atoms with van der Waals surface area (Å²) in [5.41, 5.74) is 5.15. The van der Waals surface area contributed by atoms with Crippen LogP contribution in [0.1, 0.15) is 12.5 Å². The second-order valence-electron chi connectivity index (χ2n) is 5.61. The number of rotatable bonds is 7. The molecular formula is C20H21FN2O5. The Balaban J connectivity index is 1.88. The second-order valence-corrected chi connectivity index (χ2v) is 5.61. The van der Waals surface area contributed by atoms with E-state index in [1.807, 2.05) is 0 Å². The van der Waals surface area contributed by atoms with Gasteiger partial charge in [0.1, 0.15) is 11.6 Å². The third kappa shape index (κ3) is 5.73. The number of para-hydroxylation sites is 1. The summed E-state index contributed by atoms with van der Waals surface area (Å²) in [5.74, 6) is -0.168. The molecule has 28 heavy (non-hydrogen) atoms. The molecule has 7 nitrogen and oxygen atoms in total. The van der Waals surface area contributed by atoms with Gasteiger partial charge in [0.05, 0.1) is 14.2 Å². The van der Waals surface area contributed by atoms with Gasteiger partial charge < -0.3 is 14.2 Å². The first-order valence-corrected chi connectivity index (χ1v) is 8.35. The summed E-state index contributed by atoms with van der Waals surface area (Å²) in [7, 11) is 3.01. The topological polar surface area (TPSA) is 85.9 Å². The minimum Gasteiger partial charge on any atom is -0.493 e. The van der Waals surface area contributed by atoms with E-state index in [2.05, 4.69) is 10.9 Å². The van der Waals surface area contributed by atoms with Crippen LogP contribution in [0.2, 0.25) is 0 Å². The molecule has 0 bridgehead atoms. The van der Waals surface area contributed by atoms with Crippen LogP contribution in [0, 0.1) is 5.82 Å². The molecule has 2 N–H and O–H groups in total. The van der Waals surface area contributed by atoms with Crippen molar-refractivity contribution in [2.24, 2.45) is 0 Å². The molecule has 2 aromatic rings. The summed E-state index contributed by atoms with van der Waals surface area (Å²) in [5, 5.41) is 0. The molecule has 0 aliphatic heterocycles. The fourth-order valence-corrected chi connectivity index (χ4v) is 2.25. The molecule has 0 saturated heterocycles. The van der Waals surface area contributed by atoms with E-state index in [-0.39, 0.29) is 0 Å². The highest BCUT2D eigenvalue weighted by molar-refractivity contribution is 5.94. The molecule has 2 aromatic carbocycles. The molecule has 0 aliphatic carbocycles. The molecule has 0 aliphatic rings. The lowest BCUT2D eigenvalue weighted by Crippen LogP contribution is -2.46. The van der Waals surface area contributed by atoms with E-state index < -0.39 is 23.7 Å². The summed E-state index contributed by atoms with van der Waals surface area (Å²) >= 11 is 0. The quantitative estimate of drug-likeness (QED) is 0.562. The number of nitrogens with one attached hydrogen (secondary N) is 2. The number of hydrogen-bond donors (Lipinski definition) is 2. The first kappa shape index (κ1) is 20.8. The number of carbonyl (C=O) groups excluding carboxylic acids is 2. The molecular weight excluding hydrogens is 367 g/mol. The maximum atomic E-state index is 12.9. The van der Waals surface area contributed by atoms with Crippen LogP contribution in [0.15, 0.2) is 48.5 Å². The zero-order valence-corrected chi connectivity index (χ0v) is 15.7. The summed E-state index contributed by atoms with van der Waals surface area (Å²) in [6, 6.07) is 10.5. The van der Waals surface area contributed by atoms with E-state index in [1.54, 1.807) is 18.2 Å². The normalized spacial score (nSPS) is 11.6. The maximum absolute atomic E-state index is 12.9. The molecule has 0 fully saturated rings. The summed E-state index contributed by atoms with van der Waals surface area (Å²) in [6.45, 7) is 1.50. The van der Waals surface area contributed by atoms with Crippen LogP contribution in [0.4, 0.5) is 4.39 Å². The predicted octanol–water partition coefficient (Wildman–Crippen LogP) is 2.47. The zero-order chi connectivity index (χ0) is 20.5. The van der Waals surface area contributed by atoms with Gasteiger partial charge in [-0.2, -0.15) is 0 Å². The number of hydrogen-bond acceptors (Lipinski definition) is 5. The number of methoxy groups -OCH3 is 2. The Morgan fingerprint density at radius 3 is 2.39 bits per heavy atom. The van der Waals surface area contributed by atoms with Crippen molar-refractivity contribution in [2.45, 2.75) is 13.0 Å². The fourth-order valence-electron chi connectivity index (χ4n) is 2.25. The van der Waals surface area contributed by atoms with Gasteiger partial charge in [0.25, 0.3) is 11.8 Å². The van der Waals surface area contributed by atoms with E-state index in [0.29, 0.717) is 22.8 Å². The Morgan fingerprint density at radius 1 is 1.04 bits per heavy atom. The van der Waals surface area contributed by atoms with Crippen LogP contribution >= 0.6 is 0 Å². The van der Waals surface area contributed by atoms with Crippen LogP contribution < -0.4 is 25.1 Å². The minimum atomic E-state index is -0.895. The molecule has 0 aromatic heterocycles. The molecule has 1 atom stereocenters. The summed E-state index contributed by atoms with van der Waals surface area (Å²) in [6.07, 6.45) is 1.87. The van der Waals surface area contributed by atoms with E-state index in [0.717, 1.165) is 0 Å². The summed E-state index contributed by atoms with van der Waals surface area (Å²) < 4.78 is 28.7. The average Bonchev–Trinajstić information content (AvgIpc) is 2.71. The number of halogens is 1. The minimum absolute atomic E-state index is 0.334. The number of amides is 2. The lowest BCUT2D eigenvalue weighted by atomic mass is 10.1. The molecule has 148 valence electrons. The first-order chi connectivity index (χ1) is 13.4. The second kappa shape index (κ2) is 9.96. The Kier molecular flexibility index (Phi) is 7.38. The van der Waals surface area contributed by atoms with Crippen molar-refractivity contribution in [1.82, 2.24) is 10.9 Å². The molecule has 0 saturated carbocycles. The number of ether oxygens (including phenoxy) is 3. The van der Waals surface area contributed by atoms with Gasteiger partial charge in [0, 0.05) is 11.6 Å². The van der Waals surface area contributed by atoms with Gasteiger partial charge in [-0.1, -0.05) is 12.1 Å². The van der Waals surface area contributed by atoms with Crippen molar-refractivity contribution in [3.8, 4) is 17.2 Å². The van der Waals surface area contributed by atoms with Gasteiger partial charge >= 0.3 is 0 Å². The van der Waals surface area contributed by atoms with Crippen LogP contribution in [-0.2, 0) is 9.59 Å². The highest BCUT2D eigenvalue weighted by Gasteiger charge is 2.15. The van der Waals surface area contributed by atoms with Crippen LogP contribution in [0.5, 0.6) is 17.2 Å². The van der Waals surface area contributed by atoms with E-state index >= 15 is 0 Å². The smallest absolute Gasteiger partial charge is 0.279 e. The Hall–Kier alpha value is -3.55. The van der Waals surface area contributed by atoms with Crippen molar-refractivity contribution in [2.75, 3.05) is 14.2 Å². The molecule has 0 heterocycles. The molecule has 0 unspecified atom stereocenters. The molecule has 2 amide bonds. The number of carbonyl (C=O) groups is 2. The van der Waals surface area contributed by atoms with Crippen molar-refractivity contribution in [1.29, 1.82) is 0 Å². The lowest BCUT2D eigenvalue weighted by Gasteiger charge is -2.14. The van der Waals surface area contributed by atoms with Crippen molar-refractivity contribution in [3.05, 3.63) is 59.9 Å². The number of benzene rings is 2. The van der Waals surface area contributed by atoms with Crippen molar-refractivity contribution < 1.29 is 28.2 Å². The standard InChI is InChI=1S/C20H21FN2O5/c1-13(28-16-10-8-15(21)9-11-16)20(25)23-22-18(24)12-7-14-5-4-6-17(26-2)19(14)27-3/h4-13H,1-3H3,(H,22,24)(H,23,25)/b12-7+/t13-/m0/s1. The Morgan fingerprint density at radius 2 is 1.75 bits per heavy atom. The Labute approximate surface area is 162 Å². The van der Waals surface area contributed by atoms with Gasteiger partial charge in [0.2, 0.25) is 0 Å². The van der Waals surface area contributed by atoms with Crippen molar-refractivity contribution >= 4 is 17.9 Å². The molecule has 0 spiro atoms. The Bertz CT molecular complexity index is 852. The van der Waals surface area contributed by atoms with E-state index in [4.69, 9.17) is 14.2 Å². The molecule has 8 heteroatoms. The zero-order valence-electron chi connectivity index (χ0n) is 15.7. The summed E-state index contributed by atoms with van der Waals surface area (Å²) in [4.78, 5) is 23.9. The predicted molar refractivity (Wildman–Crippen MR) is 101 cm³/mol. The largest absolute Gasteiger partial charge is 0.493 e. The first-order valence-electron chi connectivity index (χ1n) is 8.35. The van der Waals surface area contributed by atoms with Gasteiger partial charge in [-0.05, 0) is 43.3 Å². The van der Waals surface area contributed by atoms with Crippen molar-refractivity contribution in [3.63, 3.8) is 0 Å². The van der Waals surface area contributed by atoms with Crippen LogP contribution in [0.3, 0.4) is 0 Å². The third-order valence-corrected chi connectivity index (χ3v) is 3.65. The third-order valence-electron chi connectivity index (χ3n) is 3.65. The number of hydrazine groups is 1. The monoisotopic (exact) mass is 388 g/mol. The highest BCUT2D eigenvalue weighted by Crippen LogP contribution is 2.31. The van der Waals surface area contributed by atoms with Gasteiger partial charge in [-0.15, -0.1) is 0 Å². The van der Waals surface area contributed by atoms with Crippen LogP contribution in [0.25, 0.3) is 6.08 Å². The van der Waals surface area contributed by atoms with Gasteiger partial charge in [0.15, 0.2) is 17.6 Å².